The highest BCUT2D eigenvalue weighted by atomic mass is 32.2. The zero-order chi connectivity index (χ0) is 13.5. The van der Waals surface area contributed by atoms with E-state index in [1.807, 2.05) is 6.92 Å². The van der Waals surface area contributed by atoms with Gasteiger partial charge in [0, 0.05) is 13.6 Å². The molecule has 0 aliphatic carbocycles. The molecule has 0 saturated heterocycles. The van der Waals surface area contributed by atoms with Gasteiger partial charge in [-0.2, -0.15) is 13.2 Å². The number of nitrogens with zero attached hydrogens (tertiary/aromatic N) is 1. The number of halogens is 3. The van der Waals surface area contributed by atoms with Crippen LogP contribution in [0.25, 0.3) is 0 Å². The van der Waals surface area contributed by atoms with E-state index < -0.39 is 29.2 Å². The van der Waals surface area contributed by atoms with Gasteiger partial charge in [0.05, 0.1) is 12.2 Å². The van der Waals surface area contributed by atoms with Crippen molar-refractivity contribution in [1.29, 1.82) is 0 Å². The van der Waals surface area contributed by atoms with Crippen LogP contribution in [0.15, 0.2) is 0 Å². The van der Waals surface area contributed by atoms with Gasteiger partial charge >= 0.3 is 6.18 Å². The van der Waals surface area contributed by atoms with Gasteiger partial charge in [-0.05, 0) is 19.5 Å². The molecule has 0 aliphatic rings. The van der Waals surface area contributed by atoms with E-state index in [4.69, 9.17) is 0 Å². The lowest BCUT2D eigenvalue weighted by atomic mass is 10.4. The monoisotopic (exact) mass is 276 g/mol. The van der Waals surface area contributed by atoms with E-state index in [1.54, 1.807) is 0 Å². The minimum atomic E-state index is -4.33. The van der Waals surface area contributed by atoms with Crippen LogP contribution in [-0.4, -0.2) is 51.3 Å². The second kappa shape index (κ2) is 7.17. The van der Waals surface area contributed by atoms with Crippen molar-refractivity contribution in [2.24, 2.45) is 0 Å². The Hall–Kier alpha value is -0.340. The molecule has 0 atom stereocenters. The Morgan fingerprint density at radius 3 is 2.35 bits per heavy atom. The Labute approximate surface area is 100 Å². The van der Waals surface area contributed by atoms with E-state index in [2.05, 4.69) is 5.32 Å². The van der Waals surface area contributed by atoms with Crippen LogP contribution in [0.1, 0.15) is 19.8 Å². The van der Waals surface area contributed by atoms with Crippen molar-refractivity contribution in [3.05, 3.63) is 0 Å². The predicted molar refractivity (Wildman–Crippen MR) is 60.2 cm³/mol. The van der Waals surface area contributed by atoms with Crippen LogP contribution in [0.4, 0.5) is 13.2 Å². The van der Waals surface area contributed by atoms with Gasteiger partial charge in [0.2, 0.25) is 10.0 Å². The summed E-state index contributed by atoms with van der Waals surface area (Å²) < 4.78 is 59.6. The largest absolute Gasteiger partial charge is 0.390 e. The second-order valence-electron chi connectivity index (χ2n) is 3.71. The SMILES string of the molecule is CCNCCCS(=O)(=O)N(C)CCC(F)(F)F. The van der Waals surface area contributed by atoms with Crippen molar-refractivity contribution in [3.63, 3.8) is 0 Å². The van der Waals surface area contributed by atoms with Crippen molar-refractivity contribution in [1.82, 2.24) is 9.62 Å². The molecule has 4 nitrogen and oxygen atoms in total. The minimum absolute atomic E-state index is 0.131. The lowest BCUT2D eigenvalue weighted by Gasteiger charge is -2.17. The molecule has 0 aromatic carbocycles. The number of sulfonamides is 1. The topological polar surface area (TPSA) is 49.4 Å². The van der Waals surface area contributed by atoms with Crippen molar-refractivity contribution in [3.8, 4) is 0 Å². The molecular formula is C9H19F3N2O2S. The zero-order valence-electron chi connectivity index (χ0n) is 10.0. The first-order valence-electron chi connectivity index (χ1n) is 5.40. The normalized spacial score (nSPS) is 13.3. The van der Waals surface area contributed by atoms with Crippen LogP contribution in [0.2, 0.25) is 0 Å². The van der Waals surface area contributed by atoms with E-state index in [0.717, 1.165) is 10.8 Å². The van der Waals surface area contributed by atoms with Crippen LogP contribution < -0.4 is 5.32 Å². The summed E-state index contributed by atoms with van der Waals surface area (Å²) >= 11 is 0. The molecule has 0 bridgehead atoms. The van der Waals surface area contributed by atoms with Gasteiger partial charge in [-0.1, -0.05) is 6.92 Å². The van der Waals surface area contributed by atoms with Crippen LogP contribution in [0, 0.1) is 0 Å². The quantitative estimate of drug-likeness (QED) is 0.678. The maximum atomic E-state index is 11.9. The Morgan fingerprint density at radius 1 is 1.29 bits per heavy atom. The fourth-order valence-electron chi connectivity index (χ4n) is 1.14. The van der Waals surface area contributed by atoms with Gasteiger partial charge < -0.3 is 5.32 Å². The summed E-state index contributed by atoms with van der Waals surface area (Å²) in [6.45, 7) is 2.66. The summed E-state index contributed by atoms with van der Waals surface area (Å²) in [5.41, 5.74) is 0. The molecule has 0 heterocycles. The van der Waals surface area contributed by atoms with E-state index in [-0.39, 0.29) is 5.75 Å². The van der Waals surface area contributed by atoms with Gasteiger partial charge in [-0.25, -0.2) is 12.7 Å². The van der Waals surface area contributed by atoms with Gasteiger partial charge in [0.15, 0.2) is 0 Å². The number of rotatable bonds is 8. The van der Waals surface area contributed by atoms with Crippen molar-refractivity contribution in [2.75, 3.05) is 32.4 Å². The van der Waals surface area contributed by atoms with Gasteiger partial charge in [-0.15, -0.1) is 0 Å². The molecule has 104 valence electrons. The maximum absolute atomic E-state index is 11.9. The van der Waals surface area contributed by atoms with Crippen LogP contribution >= 0.6 is 0 Å². The third-order valence-corrected chi connectivity index (χ3v) is 4.13. The summed E-state index contributed by atoms with van der Waals surface area (Å²) in [7, 11) is -2.39. The predicted octanol–water partition coefficient (Wildman–Crippen LogP) is 1.20. The second-order valence-corrected chi connectivity index (χ2v) is 5.91. The van der Waals surface area contributed by atoms with Crippen LogP contribution in [0.5, 0.6) is 0 Å². The molecule has 0 aromatic heterocycles. The first-order valence-corrected chi connectivity index (χ1v) is 7.01. The minimum Gasteiger partial charge on any atom is -0.317 e. The lowest BCUT2D eigenvalue weighted by Crippen LogP contribution is -2.33. The lowest BCUT2D eigenvalue weighted by molar-refractivity contribution is -0.135. The molecule has 0 amide bonds. The third kappa shape index (κ3) is 8.39. The number of hydrogen-bond donors (Lipinski definition) is 1. The molecule has 17 heavy (non-hydrogen) atoms. The smallest absolute Gasteiger partial charge is 0.317 e. The standard InChI is InChI=1S/C9H19F3N2O2S/c1-3-13-6-4-8-17(15,16)14(2)7-5-9(10,11)12/h13H,3-8H2,1-2H3. The van der Waals surface area contributed by atoms with Crippen LogP contribution in [-0.2, 0) is 10.0 Å². The Balaban J connectivity index is 4.04. The molecule has 0 unspecified atom stereocenters. The Kier molecular flexibility index (Phi) is 7.03. The molecule has 0 rings (SSSR count). The maximum Gasteiger partial charge on any atom is 0.390 e. The number of hydrogen-bond acceptors (Lipinski definition) is 3. The third-order valence-electron chi connectivity index (χ3n) is 2.19. The Bertz CT molecular complexity index is 304. The van der Waals surface area contributed by atoms with Crippen LogP contribution in [0.3, 0.4) is 0 Å². The fraction of sp³-hybridized carbons (Fsp3) is 1.00. The van der Waals surface area contributed by atoms with E-state index in [0.29, 0.717) is 13.0 Å². The molecule has 8 heteroatoms. The molecule has 0 radical (unpaired) electrons. The van der Waals surface area contributed by atoms with E-state index >= 15 is 0 Å². The van der Waals surface area contributed by atoms with E-state index in [9.17, 15) is 21.6 Å². The summed E-state index contributed by atoms with van der Waals surface area (Å²) in [5, 5.41) is 2.95. The molecular weight excluding hydrogens is 257 g/mol. The first-order chi connectivity index (χ1) is 7.69. The highest BCUT2D eigenvalue weighted by Crippen LogP contribution is 2.20. The summed E-state index contributed by atoms with van der Waals surface area (Å²) in [6.07, 6.45) is -5.05. The van der Waals surface area contributed by atoms with Gasteiger partial charge in [-0.3, -0.25) is 0 Å². The zero-order valence-corrected chi connectivity index (χ0v) is 10.9. The summed E-state index contributed by atoms with van der Waals surface area (Å²) in [6, 6.07) is 0. The fourth-order valence-corrected chi connectivity index (χ4v) is 2.33. The molecule has 0 spiro atoms. The van der Waals surface area contributed by atoms with Gasteiger partial charge in [0.25, 0.3) is 0 Å². The number of nitrogens with one attached hydrogen (secondary N) is 1. The highest BCUT2D eigenvalue weighted by molar-refractivity contribution is 7.89. The number of alkyl halides is 3. The molecule has 0 fully saturated rings. The summed E-state index contributed by atoms with van der Waals surface area (Å²) in [5.74, 6) is -0.131. The average Bonchev–Trinajstić information content (AvgIpc) is 2.20. The molecule has 0 aromatic rings. The van der Waals surface area contributed by atoms with E-state index in [1.165, 1.54) is 7.05 Å². The van der Waals surface area contributed by atoms with Crippen molar-refractivity contribution < 1.29 is 21.6 Å². The molecule has 0 saturated carbocycles. The van der Waals surface area contributed by atoms with Crippen molar-refractivity contribution >= 4 is 10.0 Å². The average molecular weight is 276 g/mol. The molecule has 1 N–H and O–H groups in total. The van der Waals surface area contributed by atoms with Crippen molar-refractivity contribution in [2.45, 2.75) is 25.9 Å². The Morgan fingerprint density at radius 2 is 1.88 bits per heavy atom. The first kappa shape index (κ1) is 16.7. The van der Waals surface area contributed by atoms with Gasteiger partial charge in [0.1, 0.15) is 0 Å². The highest BCUT2D eigenvalue weighted by Gasteiger charge is 2.29. The summed E-state index contributed by atoms with van der Waals surface area (Å²) in [4.78, 5) is 0. The molecule has 0 aliphatic heterocycles.